The summed E-state index contributed by atoms with van der Waals surface area (Å²) in [4.78, 5) is 27.2. The highest BCUT2D eigenvalue weighted by Crippen LogP contribution is 2.26. The lowest BCUT2D eigenvalue weighted by Gasteiger charge is -2.31. The van der Waals surface area contributed by atoms with Crippen LogP contribution in [0.3, 0.4) is 0 Å². The Balaban J connectivity index is 2.03. The highest BCUT2D eigenvalue weighted by Gasteiger charge is 2.32. The molecule has 0 heterocycles. The second-order valence-corrected chi connectivity index (χ2v) is 11.0. The minimum atomic E-state index is -4.15. The number of hydrogen-bond donors (Lipinski definition) is 1. The lowest BCUT2D eigenvalue weighted by atomic mass is 10.1. The predicted octanol–water partition coefficient (Wildman–Crippen LogP) is 4.26. The minimum absolute atomic E-state index is 0.0174. The van der Waals surface area contributed by atoms with Crippen LogP contribution in [0.15, 0.2) is 82.2 Å². The molecule has 190 valence electrons. The lowest BCUT2D eigenvalue weighted by Crippen LogP contribution is -2.50. The van der Waals surface area contributed by atoms with Crippen molar-refractivity contribution in [3.8, 4) is 0 Å². The van der Waals surface area contributed by atoms with Gasteiger partial charge < -0.3 is 10.2 Å². The zero-order chi connectivity index (χ0) is 26.5. The molecule has 0 unspecified atom stereocenters. The van der Waals surface area contributed by atoms with Gasteiger partial charge in [-0.25, -0.2) is 12.8 Å². The Bertz CT molecular complexity index is 1330. The minimum Gasteiger partial charge on any atom is -0.357 e. The Morgan fingerprint density at radius 2 is 1.61 bits per heavy atom. The van der Waals surface area contributed by atoms with Crippen LogP contribution in [0.5, 0.6) is 0 Å². The number of carbonyl (C=O) groups is 2. The van der Waals surface area contributed by atoms with E-state index >= 15 is 0 Å². The van der Waals surface area contributed by atoms with E-state index in [-0.39, 0.29) is 22.7 Å². The number of amides is 2. The number of halogens is 2. The van der Waals surface area contributed by atoms with Crippen LogP contribution in [-0.4, -0.2) is 44.8 Å². The van der Waals surface area contributed by atoms with Crippen LogP contribution in [0.25, 0.3) is 0 Å². The molecule has 0 aromatic heterocycles. The second kappa shape index (κ2) is 11.7. The van der Waals surface area contributed by atoms with E-state index in [0.29, 0.717) is 0 Å². The standard InChI is InChI=1S/C26H27BrFN3O4S/c1-18-8-14-23(15-9-18)36(34,35)31(22-12-10-21(27)11-13-22)17-25(32)30(19(2)26(33)29-3)16-20-6-4-5-7-24(20)28/h4-15,19H,16-17H2,1-3H3,(H,29,33)/t19-/m0/s1. The fraction of sp³-hybridized carbons (Fsp3) is 0.231. The summed E-state index contributed by atoms with van der Waals surface area (Å²) in [6, 6.07) is 17.7. The monoisotopic (exact) mass is 575 g/mol. The van der Waals surface area contributed by atoms with Crippen molar-refractivity contribution >= 4 is 43.5 Å². The highest BCUT2D eigenvalue weighted by atomic mass is 79.9. The summed E-state index contributed by atoms with van der Waals surface area (Å²) in [7, 11) is -2.72. The zero-order valence-corrected chi connectivity index (χ0v) is 22.5. The van der Waals surface area contributed by atoms with Gasteiger partial charge in [0.05, 0.1) is 10.6 Å². The molecule has 0 spiro atoms. The number of likely N-dealkylation sites (N-methyl/N-ethyl adjacent to an activating group) is 1. The van der Waals surface area contributed by atoms with Crippen LogP contribution in [-0.2, 0) is 26.2 Å². The number of nitrogens with zero attached hydrogens (tertiary/aromatic N) is 2. The summed E-state index contributed by atoms with van der Waals surface area (Å²) in [6.45, 7) is 2.55. The van der Waals surface area contributed by atoms with E-state index in [1.54, 1.807) is 42.5 Å². The molecular formula is C26H27BrFN3O4S. The molecule has 0 aliphatic carbocycles. The normalized spacial score (nSPS) is 12.0. The fourth-order valence-electron chi connectivity index (χ4n) is 3.58. The van der Waals surface area contributed by atoms with Gasteiger partial charge in [0.25, 0.3) is 10.0 Å². The van der Waals surface area contributed by atoms with Crippen molar-refractivity contribution in [1.29, 1.82) is 0 Å². The van der Waals surface area contributed by atoms with Gasteiger partial charge in [-0.1, -0.05) is 51.8 Å². The fourth-order valence-corrected chi connectivity index (χ4v) is 5.25. The molecule has 3 aromatic rings. The number of aryl methyl sites for hydroxylation is 1. The number of anilines is 1. The maximum atomic E-state index is 14.4. The van der Waals surface area contributed by atoms with Crippen molar-refractivity contribution in [3.05, 3.63) is 94.2 Å². The Hall–Kier alpha value is -3.24. The predicted molar refractivity (Wildman–Crippen MR) is 140 cm³/mol. The van der Waals surface area contributed by atoms with Gasteiger partial charge in [0, 0.05) is 23.6 Å². The Kier molecular flexibility index (Phi) is 8.86. The van der Waals surface area contributed by atoms with E-state index in [4.69, 9.17) is 0 Å². The number of carbonyl (C=O) groups excluding carboxylic acids is 2. The number of rotatable bonds is 9. The SMILES string of the molecule is CNC(=O)[C@H](C)N(Cc1ccccc1F)C(=O)CN(c1ccc(Br)cc1)S(=O)(=O)c1ccc(C)cc1. The number of benzene rings is 3. The molecule has 0 fully saturated rings. The van der Waals surface area contributed by atoms with Gasteiger partial charge in [-0.15, -0.1) is 0 Å². The molecular weight excluding hydrogens is 549 g/mol. The molecule has 10 heteroatoms. The van der Waals surface area contributed by atoms with E-state index in [1.165, 1.54) is 49.2 Å². The van der Waals surface area contributed by atoms with Gasteiger partial charge in [0.1, 0.15) is 18.4 Å². The first-order valence-corrected chi connectivity index (χ1v) is 13.4. The first-order chi connectivity index (χ1) is 17.0. The first kappa shape index (κ1) is 27.3. The molecule has 7 nitrogen and oxygen atoms in total. The van der Waals surface area contributed by atoms with Crippen LogP contribution in [0.4, 0.5) is 10.1 Å². The van der Waals surface area contributed by atoms with E-state index in [2.05, 4.69) is 21.2 Å². The van der Waals surface area contributed by atoms with Crippen LogP contribution < -0.4 is 9.62 Å². The van der Waals surface area contributed by atoms with Crippen molar-refractivity contribution in [2.45, 2.75) is 31.3 Å². The van der Waals surface area contributed by atoms with E-state index in [0.717, 1.165) is 14.3 Å². The lowest BCUT2D eigenvalue weighted by molar-refractivity contribution is -0.139. The topological polar surface area (TPSA) is 86.8 Å². The average molecular weight is 576 g/mol. The molecule has 1 atom stereocenters. The molecule has 0 aliphatic heterocycles. The van der Waals surface area contributed by atoms with Crippen molar-refractivity contribution in [2.24, 2.45) is 0 Å². The third kappa shape index (κ3) is 6.30. The summed E-state index contributed by atoms with van der Waals surface area (Å²) in [5.41, 5.74) is 1.36. The second-order valence-electron chi connectivity index (χ2n) is 8.20. The number of nitrogens with one attached hydrogen (secondary N) is 1. The summed E-state index contributed by atoms with van der Waals surface area (Å²) in [6.07, 6.45) is 0. The molecule has 1 N–H and O–H groups in total. The van der Waals surface area contributed by atoms with Gasteiger partial charge in [-0.2, -0.15) is 0 Å². The van der Waals surface area contributed by atoms with E-state index < -0.39 is 40.2 Å². The zero-order valence-electron chi connectivity index (χ0n) is 20.1. The third-order valence-corrected chi connectivity index (χ3v) is 8.03. The molecule has 0 saturated carbocycles. The van der Waals surface area contributed by atoms with E-state index in [9.17, 15) is 22.4 Å². The molecule has 0 bridgehead atoms. The summed E-state index contributed by atoms with van der Waals surface area (Å²) in [5.74, 6) is -1.65. The molecule has 2 amide bonds. The quantitative estimate of drug-likeness (QED) is 0.413. The average Bonchev–Trinajstić information content (AvgIpc) is 2.86. The van der Waals surface area contributed by atoms with Gasteiger partial charge >= 0.3 is 0 Å². The number of sulfonamides is 1. The molecule has 3 aromatic carbocycles. The molecule has 0 radical (unpaired) electrons. The molecule has 0 saturated heterocycles. The van der Waals surface area contributed by atoms with Crippen molar-refractivity contribution in [3.63, 3.8) is 0 Å². The Labute approximate surface area is 219 Å². The first-order valence-electron chi connectivity index (χ1n) is 11.1. The van der Waals surface area contributed by atoms with Gasteiger partial charge in [0.2, 0.25) is 11.8 Å². The van der Waals surface area contributed by atoms with Crippen molar-refractivity contribution in [2.75, 3.05) is 17.9 Å². The smallest absolute Gasteiger partial charge is 0.264 e. The Morgan fingerprint density at radius 3 is 2.19 bits per heavy atom. The summed E-state index contributed by atoms with van der Waals surface area (Å²) < 4.78 is 43.5. The number of hydrogen-bond acceptors (Lipinski definition) is 4. The highest BCUT2D eigenvalue weighted by molar-refractivity contribution is 9.10. The van der Waals surface area contributed by atoms with Gasteiger partial charge in [-0.3, -0.25) is 13.9 Å². The van der Waals surface area contributed by atoms with E-state index in [1.807, 2.05) is 6.92 Å². The molecule has 36 heavy (non-hydrogen) atoms. The van der Waals surface area contributed by atoms with Gasteiger partial charge in [0.15, 0.2) is 0 Å². The summed E-state index contributed by atoms with van der Waals surface area (Å²) in [5, 5.41) is 2.49. The maximum Gasteiger partial charge on any atom is 0.264 e. The maximum absolute atomic E-state index is 14.4. The molecule has 3 rings (SSSR count). The summed E-state index contributed by atoms with van der Waals surface area (Å²) >= 11 is 3.34. The third-order valence-electron chi connectivity index (χ3n) is 5.71. The Morgan fingerprint density at radius 1 is 1.00 bits per heavy atom. The van der Waals surface area contributed by atoms with Crippen LogP contribution in [0.1, 0.15) is 18.1 Å². The van der Waals surface area contributed by atoms with Gasteiger partial charge in [-0.05, 0) is 56.3 Å². The van der Waals surface area contributed by atoms with Crippen molar-refractivity contribution < 1.29 is 22.4 Å². The van der Waals surface area contributed by atoms with Crippen LogP contribution in [0, 0.1) is 12.7 Å². The largest absolute Gasteiger partial charge is 0.357 e. The molecule has 0 aliphatic rings. The van der Waals surface area contributed by atoms with Crippen LogP contribution in [0.2, 0.25) is 0 Å². The van der Waals surface area contributed by atoms with Crippen molar-refractivity contribution in [1.82, 2.24) is 10.2 Å². The van der Waals surface area contributed by atoms with Crippen LogP contribution >= 0.6 is 15.9 Å².